The van der Waals surface area contributed by atoms with Crippen molar-refractivity contribution in [1.82, 2.24) is 0 Å². The third-order valence-corrected chi connectivity index (χ3v) is 14.3. The van der Waals surface area contributed by atoms with Crippen molar-refractivity contribution in [2.45, 2.75) is 314 Å². The highest BCUT2D eigenvalue weighted by Gasteiger charge is 2.50. The summed E-state index contributed by atoms with van der Waals surface area (Å²) in [6, 6.07) is 0. The molecule has 79 heavy (non-hydrogen) atoms. The molecule has 12 nitrogen and oxygen atoms in total. The fourth-order valence-corrected chi connectivity index (χ4v) is 9.41. The number of carboxylic acid groups (broad SMARTS) is 1. The quantitative estimate of drug-likeness (QED) is 0.0228. The molecule has 1 saturated heterocycles. The van der Waals surface area contributed by atoms with Crippen molar-refractivity contribution in [3.63, 3.8) is 0 Å². The molecule has 1 aliphatic rings. The lowest BCUT2D eigenvalue weighted by Gasteiger charge is -2.40. The van der Waals surface area contributed by atoms with Crippen LogP contribution in [-0.2, 0) is 42.9 Å². The minimum Gasteiger partial charge on any atom is -0.479 e. The molecule has 1 aliphatic heterocycles. The van der Waals surface area contributed by atoms with Gasteiger partial charge in [-0.2, -0.15) is 0 Å². The van der Waals surface area contributed by atoms with E-state index >= 15 is 0 Å². The smallest absolute Gasteiger partial charge is 0.335 e. The predicted molar refractivity (Wildman–Crippen MR) is 322 cm³/mol. The van der Waals surface area contributed by atoms with E-state index in [0.29, 0.717) is 25.7 Å². The van der Waals surface area contributed by atoms with Crippen LogP contribution in [0.5, 0.6) is 0 Å². The van der Waals surface area contributed by atoms with E-state index in [4.69, 9.17) is 23.7 Å². The Labute approximate surface area is 480 Å². The van der Waals surface area contributed by atoms with E-state index in [-0.39, 0.29) is 25.9 Å². The molecule has 0 spiro atoms. The molecular formula is C67H114O12. The highest BCUT2D eigenvalue weighted by Crippen LogP contribution is 2.27. The molecule has 1 rings (SSSR count). The van der Waals surface area contributed by atoms with Gasteiger partial charge in [0.1, 0.15) is 18.8 Å². The number of aliphatic hydroxyl groups is 2. The minimum absolute atomic E-state index is 0.0417. The maximum atomic E-state index is 13.1. The highest BCUT2D eigenvalue weighted by molar-refractivity contribution is 5.74. The molecule has 3 N–H and O–H groups in total. The Morgan fingerprint density at radius 1 is 0.430 bits per heavy atom. The lowest BCUT2D eigenvalue weighted by atomic mass is 9.98. The Balaban J connectivity index is 2.66. The van der Waals surface area contributed by atoms with Crippen molar-refractivity contribution in [3.8, 4) is 0 Å². The largest absolute Gasteiger partial charge is 0.479 e. The number of unbranched alkanes of at least 4 members (excludes halogenated alkanes) is 28. The summed E-state index contributed by atoms with van der Waals surface area (Å²) < 4.78 is 28.4. The van der Waals surface area contributed by atoms with Gasteiger partial charge >= 0.3 is 23.9 Å². The number of hydrogen-bond acceptors (Lipinski definition) is 11. The predicted octanol–water partition coefficient (Wildman–Crippen LogP) is 16.9. The van der Waals surface area contributed by atoms with Gasteiger partial charge in [0.05, 0.1) is 6.61 Å². The second-order valence-corrected chi connectivity index (χ2v) is 21.7. The molecule has 0 aliphatic carbocycles. The van der Waals surface area contributed by atoms with Crippen molar-refractivity contribution < 1.29 is 58.2 Å². The van der Waals surface area contributed by atoms with Gasteiger partial charge in [0.25, 0.3) is 0 Å². The zero-order valence-corrected chi connectivity index (χ0v) is 50.1. The maximum absolute atomic E-state index is 13.1. The SMILES string of the molecule is CC/C=C\C/C=C\C/C=C\C/C=C\CCC(=O)OC(COC(=O)CCCCCCCCCCCCCCCCCCC)COC1OC(C(=O)O)C(O)C(O)C1OC(=O)CCCCCCCCCCC/C=C\C/C=C\CCCCC. The van der Waals surface area contributed by atoms with Crippen LogP contribution >= 0.6 is 0 Å². The fourth-order valence-electron chi connectivity index (χ4n) is 9.41. The molecule has 1 fully saturated rings. The van der Waals surface area contributed by atoms with Crippen LogP contribution in [0, 0.1) is 0 Å². The third kappa shape index (κ3) is 44.5. The molecule has 0 amide bonds. The van der Waals surface area contributed by atoms with Crippen molar-refractivity contribution in [2.75, 3.05) is 13.2 Å². The van der Waals surface area contributed by atoms with Crippen LogP contribution in [0.25, 0.3) is 0 Å². The van der Waals surface area contributed by atoms with Crippen molar-refractivity contribution >= 4 is 23.9 Å². The number of carboxylic acids is 1. The second-order valence-electron chi connectivity index (χ2n) is 21.7. The Morgan fingerprint density at radius 2 is 0.823 bits per heavy atom. The van der Waals surface area contributed by atoms with Crippen LogP contribution in [0.3, 0.4) is 0 Å². The van der Waals surface area contributed by atoms with Gasteiger partial charge < -0.3 is 39.0 Å². The zero-order chi connectivity index (χ0) is 57.5. The summed E-state index contributed by atoms with van der Waals surface area (Å²) in [5.74, 6) is -3.22. The average molecular weight is 1110 g/mol. The van der Waals surface area contributed by atoms with E-state index in [1.165, 1.54) is 135 Å². The van der Waals surface area contributed by atoms with Gasteiger partial charge in [-0.1, -0.05) is 254 Å². The normalized spacial score (nSPS) is 18.3. The van der Waals surface area contributed by atoms with Gasteiger partial charge in [-0.25, -0.2) is 4.79 Å². The lowest BCUT2D eigenvalue weighted by molar-refractivity contribution is -0.301. The number of carbonyl (C=O) groups excluding carboxylic acids is 3. The molecule has 0 saturated carbocycles. The van der Waals surface area contributed by atoms with Gasteiger partial charge in [0.2, 0.25) is 0 Å². The summed E-state index contributed by atoms with van der Waals surface area (Å²) in [5.41, 5.74) is 0. The average Bonchev–Trinajstić information content (AvgIpc) is 3.43. The van der Waals surface area contributed by atoms with E-state index in [1.54, 1.807) is 0 Å². The molecule has 1 heterocycles. The van der Waals surface area contributed by atoms with Gasteiger partial charge in [-0.15, -0.1) is 0 Å². The van der Waals surface area contributed by atoms with Gasteiger partial charge in [-0.3, -0.25) is 14.4 Å². The standard InChI is InChI=1S/C67H114O12/c1-4-7-10-13-16-19-22-25-27-29-30-32-34-37-40-43-46-49-52-55-61(70)78-65-63(72)62(71)64(66(73)74)79-67(65)76-57-58(77-60(69)54-51-48-45-42-39-35-24-21-18-15-12-9-6-3)56-75-59(68)53-50-47-44-41-38-36-33-31-28-26-23-20-17-14-11-8-5-2/h9,12,16,18-19,21,25,27,35,39,45,48,58,62-65,67,71-72H,4-8,10-11,13-15,17,20,22-24,26,28-34,36-38,40-44,46-47,49-57H2,1-3H3,(H,73,74)/b12-9-,19-16-,21-18-,27-25-,39-35-,48-45-. The molecule has 0 aromatic rings. The van der Waals surface area contributed by atoms with Crippen LogP contribution in [0.4, 0.5) is 0 Å². The molecule has 6 atom stereocenters. The highest BCUT2D eigenvalue weighted by atomic mass is 16.7. The molecule has 12 heteroatoms. The van der Waals surface area contributed by atoms with Gasteiger partial charge in [0.15, 0.2) is 24.6 Å². The van der Waals surface area contributed by atoms with Gasteiger partial charge in [0, 0.05) is 19.3 Å². The molecule has 0 aromatic heterocycles. The minimum atomic E-state index is -1.92. The van der Waals surface area contributed by atoms with E-state index in [0.717, 1.165) is 77.0 Å². The van der Waals surface area contributed by atoms with Crippen LogP contribution in [0.15, 0.2) is 72.9 Å². The van der Waals surface area contributed by atoms with Crippen LogP contribution in [0.2, 0.25) is 0 Å². The number of ether oxygens (including phenoxy) is 5. The second kappa shape index (κ2) is 54.7. The van der Waals surface area contributed by atoms with Crippen LogP contribution in [0.1, 0.15) is 278 Å². The topological polar surface area (TPSA) is 175 Å². The van der Waals surface area contributed by atoms with E-state index < -0.39 is 67.3 Å². The number of allylic oxidation sites excluding steroid dienone is 12. The lowest BCUT2D eigenvalue weighted by Crippen LogP contribution is -2.61. The van der Waals surface area contributed by atoms with E-state index in [9.17, 15) is 34.5 Å². The summed E-state index contributed by atoms with van der Waals surface area (Å²) in [5, 5.41) is 31.6. The van der Waals surface area contributed by atoms with E-state index in [1.807, 2.05) is 12.2 Å². The molecule has 0 aromatic carbocycles. The molecule has 6 unspecified atom stereocenters. The van der Waals surface area contributed by atoms with E-state index in [2.05, 4.69) is 81.5 Å². The zero-order valence-electron chi connectivity index (χ0n) is 50.1. The first-order chi connectivity index (χ1) is 38.6. The summed E-state index contributed by atoms with van der Waals surface area (Å²) in [7, 11) is 0. The summed E-state index contributed by atoms with van der Waals surface area (Å²) in [6.07, 6.45) is 57.4. The molecule has 0 bridgehead atoms. The number of carbonyl (C=O) groups is 4. The molecule has 0 radical (unpaired) electrons. The van der Waals surface area contributed by atoms with Crippen molar-refractivity contribution in [1.29, 1.82) is 0 Å². The number of rotatable bonds is 54. The summed E-state index contributed by atoms with van der Waals surface area (Å²) in [6.45, 7) is 5.82. The Kier molecular flexibility index (Phi) is 50.7. The van der Waals surface area contributed by atoms with Crippen molar-refractivity contribution in [3.05, 3.63) is 72.9 Å². The first-order valence-corrected chi connectivity index (χ1v) is 31.9. The van der Waals surface area contributed by atoms with Crippen molar-refractivity contribution in [2.24, 2.45) is 0 Å². The number of aliphatic hydroxyl groups excluding tert-OH is 2. The molecule has 454 valence electrons. The Morgan fingerprint density at radius 3 is 1.29 bits per heavy atom. The Hall–Kier alpha value is -3.84. The Bertz CT molecular complexity index is 1650. The first-order valence-electron chi connectivity index (χ1n) is 31.9. The monoisotopic (exact) mass is 1110 g/mol. The molecular weight excluding hydrogens is 997 g/mol. The fraction of sp³-hybridized carbons (Fsp3) is 0.761. The third-order valence-electron chi connectivity index (χ3n) is 14.3. The number of hydrogen-bond donors (Lipinski definition) is 3. The summed E-state index contributed by atoms with van der Waals surface area (Å²) in [4.78, 5) is 51.2. The maximum Gasteiger partial charge on any atom is 0.335 e. The van der Waals surface area contributed by atoms with Crippen LogP contribution < -0.4 is 0 Å². The van der Waals surface area contributed by atoms with Crippen LogP contribution in [-0.4, -0.2) is 89.2 Å². The number of esters is 3. The first kappa shape index (κ1) is 73.2. The number of aliphatic carboxylic acids is 1. The summed E-state index contributed by atoms with van der Waals surface area (Å²) >= 11 is 0. The van der Waals surface area contributed by atoms with Gasteiger partial charge in [-0.05, 0) is 77.0 Å².